The SMILES string of the molecule is Cc1nc2[nH]n(C)c(=O)c2c(C)c1CCC(=O)NCC(O)C(C)C. The quantitative estimate of drug-likeness (QED) is 0.732. The molecular weight excluding hydrogens is 308 g/mol. The first-order valence-corrected chi connectivity index (χ1v) is 8.22. The van der Waals surface area contributed by atoms with Crippen molar-refractivity contribution in [2.75, 3.05) is 6.54 Å². The van der Waals surface area contributed by atoms with Crippen LogP contribution in [-0.4, -0.2) is 38.4 Å². The summed E-state index contributed by atoms with van der Waals surface area (Å²) in [6.07, 6.45) is 0.265. The van der Waals surface area contributed by atoms with E-state index in [1.165, 1.54) is 4.68 Å². The average molecular weight is 334 g/mol. The highest BCUT2D eigenvalue weighted by Crippen LogP contribution is 2.20. The summed E-state index contributed by atoms with van der Waals surface area (Å²) in [4.78, 5) is 28.6. The number of H-pyrrole nitrogens is 1. The van der Waals surface area contributed by atoms with Crippen LogP contribution in [0.25, 0.3) is 11.0 Å². The summed E-state index contributed by atoms with van der Waals surface area (Å²) in [6, 6.07) is 0. The van der Waals surface area contributed by atoms with Crippen molar-refractivity contribution in [2.45, 2.75) is 46.6 Å². The standard InChI is InChI=1S/C17H26N4O3/c1-9(2)13(22)8-18-14(23)7-6-12-10(3)15-16(19-11(12)4)20-21(5)17(15)24/h9,13,22H,6-8H2,1-5H3,(H,18,23)(H,19,20). The van der Waals surface area contributed by atoms with Gasteiger partial charge in [-0.05, 0) is 37.3 Å². The van der Waals surface area contributed by atoms with Crippen molar-refractivity contribution in [3.8, 4) is 0 Å². The fourth-order valence-electron chi connectivity index (χ4n) is 2.76. The minimum Gasteiger partial charge on any atom is -0.391 e. The normalized spacial score (nSPS) is 12.8. The third-order valence-corrected chi connectivity index (χ3v) is 4.45. The van der Waals surface area contributed by atoms with Crippen molar-refractivity contribution >= 4 is 16.9 Å². The number of hydrogen-bond acceptors (Lipinski definition) is 4. The highest BCUT2D eigenvalue weighted by Gasteiger charge is 2.16. The number of aliphatic hydroxyl groups excluding tert-OH is 1. The summed E-state index contributed by atoms with van der Waals surface area (Å²) in [6.45, 7) is 7.84. The number of nitrogens with zero attached hydrogens (tertiary/aromatic N) is 2. The number of carbonyl (C=O) groups is 1. The third kappa shape index (κ3) is 3.67. The Morgan fingerprint density at radius 2 is 2.04 bits per heavy atom. The Balaban J connectivity index is 2.11. The molecule has 7 nitrogen and oxygen atoms in total. The van der Waals surface area contributed by atoms with Crippen molar-refractivity contribution < 1.29 is 9.90 Å². The van der Waals surface area contributed by atoms with E-state index in [1.54, 1.807) is 7.05 Å². The number of carbonyl (C=O) groups excluding carboxylic acids is 1. The summed E-state index contributed by atoms with van der Waals surface area (Å²) in [5.74, 6) is -0.0123. The maximum Gasteiger partial charge on any atom is 0.276 e. The van der Waals surface area contributed by atoms with Crippen LogP contribution in [0.4, 0.5) is 0 Å². The largest absolute Gasteiger partial charge is 0.391 e. The number of pyridine rings is 1. The Hall–Kier alpha value is -2.15. The van der Waals surface area contributed by atoms with Crippen molar-refractivity contribution in [3.63, 3.8) is 0 Å². The van der Waals surface area contributed by atoms with E-state index in [4.69, 9.17) is 0 Å². The molecule has 0 fully saturated rings. The maximum absolute atomic E-state index is 12.2. The molecule has 132 valence electrons. The fraction of sp³-hybridized carbons (Fsp3) is 0.588. The fourth-order valence-corrected chi connectivity index (χ4v) is 2.76. The molecular formula is C17H26N4O3. The summed E-state index contributed by atoms with van der Waals surface area (Å²) in [5, 5.41) is 16.0. The zero-order valence-electron chi connectivity index (χ0n) is 14.9. The lowest BCUT2D eigenvalue weighted by atomic mass is 10.00. The first kappa shape index (κ1) is 18.2. The van der Waals surface area contributed by atoms with Gasteiger partial charge in [-0.2, -0.15) is 0 Å². The molecule has 1 amide bonds. The van der Waals surface area contributed by atoms with Gasteiger partial charge >= 0.3 is 0 Å². The average Bonchev–Trinajstić information content (AvgIpc) is 2.78. The lowest BCUT2D eigenvalue weighted by Crippen LogP contribution is -2.34. The van der Waals surface area contributed by atoms with Crippen molar-refractivity contribution in [1.29, 1.82) is 0 Å². The number of nitrogens with one attached hydrogen (secondary N) is 2. The summed E-state index contributed by atoms with van der Waals surface area (Å²) < 4.78 is 1.41. The second-order valence-corrected chi connectivity index (χ2v) is 6.62. The number of aliphatic hydroxyl groups is 1. The van der Waals surface area contributed by atoms with Crippen LogP contribution in [0.15, 0.2) is 4.79 Å². The molecule has 0 bridgehead atoms. The monoisotopic (exact) mass is 334 g/mol. The van der Waals surface area contributed by atoms with E-state index in [1.807, 2.05) is 27.7 Å². The van der Waals surface area contributed by atoms with Crippen LogP contribution >= 0.6 is 0 Å². The molecule has 2 aromatic rings. The van der Waals surface area contributed by atoms with Gasteiger partial charge in [-0.25, -0.2) is 4.98 Å². The number of hydrogen-bond donors (Lipinski definition) is 3. The second-order valence-electron chi connectivity index (χ2n) is 6.62. The van der Waals surface area contributed by atoms with E-state index in [0.717, 1.165) is 16.8 Å². The molecule has 0 aliphatic heterocycles. The molecule has 2 aromatic heterocycles. The minimum atomic E-state index is -0.543. The Bertz CT molecular complexity index is 804. The predicted molar refractivity (Wildman–Crippen MR) is 93.0 cm³/mol. The van der Waals surface area contributed by atoms with Crippen molar-refractivity contribution in [2.24, 2.45) is 13.0 Å². The van der Waals surface area contributed by atoms with Crippen molar-refractivity contribution in [1.82, 2.24) is 20.1 Å². The molecule has 2 heterocycles. The van der Waals surface area contributed by atoms with Crippen LogP contribution in [0.1, 0.15) is 37.1 Å². The van der Waals surface area contributed by atoms with E-state index in [2.05, 4.69) is 15.4 Å². The summed E-state index contributed by atoms with van der Waals surface area (Å²) >= 11 is 0. The van der Waals surface area contributed by atoms with Crippen LogP contribution in [0.2, 0.25) is 0 Å². The number of fused-ring (bicyclic) bond motifs is 1. The Morgan fingerprint density at radius 3 is 2.67 bits per heavy atom. The molecule has 7 heteroatoms. The summed E-state index contributed by atoms with van der Waals surface area (Å²) in [7, 11) is 1.66. The molecule has 24 heavy (non-hydrogen) atoms. The molecule has 0 aromatic carbocycles. The zero-order chi connectivity index (χ0) is 18.0. The highest BCUT2D eigenvalue weighted by molar-refractivity contribution is 5.80. The van der Waals surface area contributed by atoms with Crippen LogP contribution < -0.4 is 10.9 Å². The zero-order valence-corrected chi connectivity index (χ0v) is 14.9. The van der Waals surface area contributed by atoms with E-state index < -0.39 is 6.10 Å². The molecule has 2 rings (SSSR count). The topological polar surface area (TPSA) is 100 Å². The van der Waals surface area contributed by atoms with Gasteiger partial charge in [0.2, 0.25) is 5.91 Å². The highest BCUT2D eigenvalue weighted by atomic mass is 16.3. The van der Waals surface area contributed by atoms with Crippen molar-refractivity contribution in [3.05, 3.63) is 27.2 Å². The smallest absolute Gasteiger partial charge is 0.276 e. The summed E-state index contributed by atoms with van der Waals surface area (Å²) in [5.41, 5.74) is 3.08. The molecule has 0 spiro atoms. The predicted octanol–water partition coefficient (Wildman–Crippen LogP) is 0.944. The van der Waals surface area contributed by atoms with E-state index >= 15 is 0 Å². The Morgan fingerprint density at radius 1 is 1.38 bits per heavy atom. The number of aryl methyl sites for hydroxylation is 3. The van der Waals surface area contributed by atoms with Crippen LogP contribution in [-0.2, 0) is 18.3 Å². The number of amides is 1. The molecule has 0 aliphatic rings. The van der Waals surface area contributed by atoms with Gasteiger partial charge in [-0.1, -0.05) is 13.8 Å². The van der Waals surface area contributed by atoms with Crippen LogP contribution in [0, 0.1) is 19.8 Å². The molecule has 1 unspecified atom stereocenters. The van der Waals surface area contributed by atoms with Gasteiger partial charge in [0.15, 0.2) is 5.65 Å². The third-order valence-electron chi connectivity index (χ3n) is 4.45. The number of rotatable bonds is 6. The molecule has 0 saturated heterocycles. The number of aromatic nitrogens is 3. The molecule has 1 atom stereocenters. The van der Waals surface area contributed by atoms with E-state index in [0.29, 0.717) is 23.9 Å². The lowest BCUT2D eigenvalue weighted by Gasteiger charge is -2.15. The first-order valence-electron chi connectivity index (χ1n) is 8.22. The maximum atomic E-state index is 12.2. The Kier molecular flexibility index (Phi) is 5.43. The Labute approximate surface area is 141 Å². The molecule has 0 radical (unpaired) electrons. The minimum absolute atomic E-state index is 0.103. The van der Waals surface area contributed by atoms with Gasteiger partial charge in [0, 0.05) is 25.7 Å². The molecule has 0 saturated carbocycles. The van der Waals surface area contributed by atoms with Gasteiger partial charge in [0.25, 0.3) is 5.56 Å². The lowest BCUT2D eigenvalue weighted by molar-refractivity contribution is -0.121. The van der Waals surface area contributed by atoms with Gasteiger partial charge < -0.3 is 10.4 Å². The molecule has 0 aliphatic carbocycles. The van der Waals surface area contributed by atoms with E-state index in [-0.39, 0.29) is 23.9 Å². The van der Waals surface area contributed by atoms with Crippen LogP contribution in [0.5, 0.6) is 0 Å². The number of aromatic amines is 1. The molecule has 3 N–H and O–H groups in total. The van der Waals surface area contributed by atoms with E-state index in [9.17, 15) is 14.7 Å². The van der Waals surface area contributed by atoms with Crippen LogP contribution in [0.3, 0.4) is 0 Å². The van der Waals surface area contributed by atoms with Gasteiger partial charge in [0.05, 0.1) is 11.5 Å². The van der Waals surface area contributed by atoms with Gasteiger partial charge in [-0.3, -0.25) is 19.4 Å². The van der Waals surface area contributed by atoms with Gasteiger partial charge in [-0.15, -0.1) is 0 Å². The first-order chi connectivity index (χ1) is 11.2. The van der Waals surface area contributed by atoms with Gasteiger partial charge in [0.1, 0.15) is 0 Å². The second kappa shape index (κ2) is 7.17.